The Labute approximate surface area is 273 Å². The molecule has 0 spiro atoms. The highest BCUT2D eigenvalue weighted by Gasteiger charge is 2.19. The van der Waals surface area contributed by atoms with Crippen molar-refractivity contribution >= 4 is 67.7 Å². The number of nitrogens with zero attached hydrogens (tertiary/aromatic N) is 2. The Morgan fingerprint density at radius 2 is 0.826 bits per heavy atom. The molecule has 0 radical (unpaired) electrons. The number of halogens is 1. The molecule has 220 valence electrons. The maximum absolute atomic E-state index is 6.71. The number of furan rings is 1. The van der Waals surface area contributed by atoms with Gasteiger partial charge in [-0.3, -0.25) is 0 Å². The van der Waals surface area contributed by atoms with Crippen molar-refractivity contribution in [3.05, 3.63) is 181 Å². The first-order valence-electron chi connectivity index (χ1n) is 15.3. The molecule has 8 rings (SSSR count). The zero-order valence-electron chi connectivity index (χ0n) is 24.9. The molecular weight excluding hydrogens is 584 g/mol. The third-order valence-electron chi connectivity index (χ3n) is 8.27. The summed E-state index contributed by atoms with van der Waals surface area (Å²) in [4.78, 5) is 4.53. The van der Waals surface area contributed by atoms with Crippen LogP contribution >= 0.6 is 11.6 Å². The third kappa shape index (κ3) is 5.17. The number of hydrogen-bond acceptors (Lipinski definition) is 3. The minimum absolute atomic E-state index is 0.635. The maximum atomic E-state index is 6.71. The van der Waals surface area contributed by atoms with E-state index in [0.29, 0.717) is 5.02 Å². The second-order valence-corrected chi connectivity index (χ2v) is 11.6. The van der Waals surface area contributed by atoms with Gasteiger partial charge in [0.1, 0.15) is 11.2 Å². The van der Waals surface area contributed by atoms with Gasteiger partial charge in [0.25, 0.3) is 0 Å². The molecule has 0 aliphatic carbocycles. The fraction of sp³-hybridized carbons (Fsp3) is 0. The number of hydrogen-bond donors (Lipinski definition) is 0. The van der Waals surface area contributed by atoms with Crippen molar-refractivity contribution in [2.75, 3.05) is 9.80 Å². The van der Waals surface area contributed by atoms with Gasteiger partial charge in [-0.05, 0) is 96.1 Å². The van der Waals surface area contributed by atoms with E-state index in [1.54, 1.807) is 0 Å². The van der Waals surface area contributed by atoms with Crippen molar-refractivity contribution in [3.63, 3.8) is 0 Å². The average Bonchev–Trinajstić information content (AvgIpc) is 3.48. The minimum atomic E-state index is 0.635. The van der Waals surface area contributed by atoms with E-state index in [1.807, 2.05) is 36.4 Å². The molecule has 0 amide bonds. The van der Waals surface area contributed by atoms with Crippen LogP contribution in [0.1, 0.15) is 0 Å². The topological polar surface area (TPSA) is 19.6 Å². The highest BCUT2D eigenvalue weighted by Crippen LogP contribution is 2.43. The molecule has 7 aromatic carbocycles. The lowest BCUT2D eigenvalue weighted by Gasteiger charge is -2.25. The molecule has 0 aliphatic rings. The molecule has 46 heavy (non-hydrogen) atoms. The first-order chi connectivity index (χ1) is 22.7. The normalized spacial score (nSPS) is 11.2. The van der Waals surface area contributed by atoms with Crippen LogP contribution in [0.5, 0.6) is 0 Å². The van der Waals surface area contributed by atoms with E-state index in [2.05, 4.69) is 149 Å². The Morgan fingerprint density at radius 1 is 0.391 bits per heavy atom. The van der Waals surface area contributed by atoms with E-state index in [1.165, 1.54) is 0 Å². The molecule has 0 bridgehead atoms. The van der Waals surface area contributed by atoms with Crippen molar-refractivity contribution in [2.24, 2.45) is 0 Å². The Bertz CT molecular complexity index is 2170. The van der Waals surface area contributed by atoms with Gasteiger partial charge < -0.3 is 14.2 Å². The van der Waals surface area contributed by atoms with Crippen LogP contribution in [0.15, 0.2) is 180 Å². The van der Waals surface area contributed by atoms with Gasteiger partial charge in [-0.25, -0.2) is 0 Å². The van der Waals surface area contributed by atoms with Crippen LogP contribution in [0.25, 0.3) is 33.1 Å². The fourth-order valence-corrected chi connectivity index (χ4v) is 6.43. The summed E-state index contributed by atoms with van der Waals surface area (Å²) in [5, 5.41) is 2.71. The summed E-state index contributed by atoms with van der Waals surface area (Å²) in [6, 6.07) is 60.8. The summed E-state index contributed by atoms with van der Waals surface area (Å²) < 4.78 is 6.41. The predicted octanol–water partition coefficient (Wildman–Crippen LogP) is 12.8. The summed E-state index contributed by atoms with van der Waals surface area (Å²) in [5.74, 6) is 0. The van der Waals surface area contributed by atoms with Gasteiger partial charge in [-0.15, -0.1) is 0 Å². The van der Waals surface area contributed by atoms with Gasteiger partial charge >= 0.3 is 0 Å². The van der Waals surface area contributed by atoms with Crippen LogP contribution in [-0.4, -0.2) is 0 Å². The summed E-state index contributed by atoms with van der Waals surface area (Å²) >= 11 is 6.71. The monoisotopic (exact) mass is 612 g/mol. The van der Waals surface area contributed by atoms with Crippen molar-refractivity contribution in [1.29, 1.82) is 0 Å². The highest BCUT2D eigenvalue weighted by atomic mass is 35.5. The third-order valence-corrected chi connectivity index (χ3v) is 8.49. The highest BCUT2D eigenvalue weighted by molar-refractivity contribution is 6.32. The van der Waals surface area contributed by atoms with Crippen molar-refractivity contribution in [3.8, 4) is 11.1 Å². The van der Waals surface area contributed by atoms with E-state index in [4.69, 9.17) is 16.0 Å². The molecule has 0 N–H and O–H groups in total. The minimum Gasteiger partial charge on any atom is -0.456 e. The number of benzene rings is 7. The van der Waals surface area contributed by atoms with Crippen LogP contribution in [0.3, 0.4) is 0 Å². The van der Waals surface area contributed by atoms with Crippen molar-refractivity contribution < 1.29 is 4.42 Å². The Morgan fingerprint density at radius 3 is 1.33 bits per heavy atom. The molecule has 0 atom stereocenters. The molecule has 4 heteroatoms. The van der Waals surface area contributed by atoms with E-state index >= 15 is 0 Å². The van der Waals surface area contributed by atoms with E-state index in [-0.39, 0.29) is 0 Å². The second-order valence-electron chi connectivity index (χ2n) is 11.2. The molecule has 3 nitrogen and oxygen atoms in total. The van der Waals surface area contributed by atoms with Crippen molar-refractivity contribution in [2.45, 2.75) is 0 Å². The SMILES string of the molecule is Clc1cc(-c2ccc(N(c3ccccc3)c3ccccc3)cc2)c2c(c1)oc1ccc(N(c3ccccc3)c3ccccc3)cc12. The lowest BCUT2D eigenvalue weighted by atomic mass is 9.98. The zero-order chi connectivity index (χ0) is 30.9. The average molecular weight is 613 g/mol. The largest absolute Gasteiger partial charge is 0.456 e. The summed E-state index contributed by atoms with van der Waals surface area (Å²) in [5.41, 5.74) is 10.2. The molecule has 0 saturated carbocycles. The zero-order valence-corrected chi connectivity index (χ0v) is 25.7. The Hall–Kier alpha value is -5.77. The molecule has 1 heterocycles. The van der Waals surface area contributed by atoms with Gasteiger partial charge in [-0.2, -0.15) is 0 Å². The molecular formula is C42H29ClN2O. The number of fused-ring (bicyclic) bond motifs is 3. The van der Waals surface area contributed by atoms with Gasteiger partial charge in [0.2, 0.25) is 0 Å². The van der Waals surface area contributed by atoms with E-state index < -0.39 is 0 Å². The van der Waals surface area contributed by atoms with Crippen molar-refractivity contribution in [1.82, 2.24) is 0 Å². The van der Waals surface area contributed by atoms with E-state index in [9.17, 15) is 0 Å². The quantitative estimate of drug-likeness (QED) is 0.178. The van der Waals surface area contributed by atoms with Gasteiger partial charge in [0.15, 0.2) is 0 Å². The molecule has 1 aromatic heterocycles. The van der Waals surface area contributed by atoms with Crippen LogP contribution < -0.4 is 9.80 Å². The van der Waals surface area contributed by atoms with Crippen LogP contribution in [0, 0.1) is 0 Å². The molecule has 0 saturated heterocycles. The molecule has 0 fully saturated rings. The summed E-state index contributed by atoms with van der Waals surface area (Å²) in [6.07, 6.45) is 0. The number of rotatable bonds is 7. The predicted molar refractivity (Wildman–Crippen MR) is 194 cm³/mol. The smallest absolute Gasteiger partial charge is 0.137 e. The van der Waals surface area contributed by atoms with E-state index in [0.717, 1.165) is 67.2 Å². The number of anilines is 6. The summed E-state index contributed by atoms with van der Waals surface area (Å²) in [6.45, 7) is 0. The van der Waals surface area contributed by atoms with Crippen LogP contribution in [-0.2, 0) is 0 Å². The van der Waals surface area contributed by atoms with Gasteiger partial charge in [-0.1, -0.05) is 96.5 Å². The molecule has 8 aromatic rings. The number of para-hydroxylation sites is 4. The Balaban J connectivity index is 1.26. The lowest BCUT2D eigenvalue weighted by molar-refractivity contribution is 0.669. The van der Waals surface area contributed by atoms with Gasteiger partial charge in [0, 0.05) is 56.0 Å². The first kappa shape index (κ1) is 27.8. The molecule has 0 aliphatic heterocycles. The molecule has 0 unspecified atom stereocenters. The lowest BCUT2D eigenvalue weighted by Crippen LogP contribution is -2.09. The van der Waals surface area contributed by atoms with Crippen LogP contribution in [0.4, 0.5) is 34.1 Å². The van der Waals surface area contributed by atoms with Gasteiger partial charge in [0.05, 0.1) is 0 Å². The second kappa shape index (κ2) is 12.0. The van der Waals surface area contributed by atoms with Crippen LogP contribution in [0.2, 0.25) is 5.02 Å². The fourth-order valence-electron chi connectivity index (χ4n) is 6.22. The summed E-state index contributed by atoms with van der Waals surface area (Å²) in [7, 11) is 0. The Kier molecular flexibility index (Phi) is 7.22. The maximum Gasteiger partial charge on any atom is 0.137 e. The standard InChI is InChI=1S/C42H29ClN2O/c43-31-27-38(30-21-23-36(24-22-30)44(32-13-5-1-6-14-32)33-15-7-2-8-16-33)42-39-29-37(25-26-40(39)46-41(42)28-31)45(34-17-9-3-10-18-34)35-19-11-4-12-20-35/h1-29H. The first-order valence-corrected chi connectivity index (χ1v) is 15.7.